The van der Waals surface area contributed by atoms with E-state index in [1.807, 2.05) is 38.1 Å². The van der Waals surface area contributed by atoms with Crippen LogP contribution in [0.3, 0.4) is 0 Å². The number of benzene rings is 3. The molecule has 1 aliphatic rings. The Kier molecular flexibility index (Phi) is 7.25. The summed E-state index contributed by atoms with van der Waals surface area (Å²) >= 11 is 0. The minimum atomic E-state index is -0.686. The van der Waals surface area contributed by atoms with Crippen LogP contribution < -0.4 is 4.90 Å². The molecule has 4 amide bonds. The highest BCUT2D eigenvalue weighted by Crippen LogP contribution is 2.29. The summed E-state index contributed by atoms with van der Waals surface area (Å²) in [5.41, 5.74) is 6.11. The number of carbonyl (C=O) groups excluding carboxylic acids is 3. The number of aromatic nitrogens is 1. The van der Waals surface area contributed by atoms with Gasteiger partial charge in [0.2, 0.25) is 0 Å². The van der Waals surface area contributed by atoms with Gasteiger partial charge in [-0.05, 0) is 66.9 Å². The zero-order valence-electron chi connectivity index (χ0n) is 22.1. The first-order valence-electron chi connectivity index (χ1n) is 12.7. The van der Waals surface area contributed by atoms with E-state index in [2.05, 4.69) is 41.0 Å². The average molecular weight is 520 g/mol. The van der Waals surface area contributed by atoms with Crippen molar-refractivity contribution in [3.8, 4) is 16.8 Å². The fraction of sp³-hybridized carbons (Fsp3) is 0.156. The number of barbiturate groups is 1. The first-order valence-corrected chi connectivity index (χ1v) is 12.7. The van der Waals surface area contributed by atoms with Crippen LogP contribution in [0.4, 0.5) is 10.5 Å². The fourth-order valence-corrected chi connectivity index (χ4v) is 4.88. The molecule has 1 fully saturated rings. The predicted molar refractivity (Wildman–Crippen MR) is 152 cm³/mol. The number of ether oxygens (including phenoxy) is 1. The summed E-state index contributed by atoms with van der Waals surface area (Å²) < 4.78 is 7.20. The second-order valence-electron chi connectivity index (χ2n) is 9.34. The van der Waals surface area contributed by atoms with Crippen LogP contribution >= 0.6 is 0 Å². The second kappa shape index (κ2) is 10.9. The molecule has 5 rings (SSSR count). The molecule has 4 aromatic rings. The Labute approximate surface area is 227 Å². The third kappa shape index (κ3) is 4.92. The summed E-state index contributed by atoms with van der Waals surface area (Å²) in [6.07, 6.45) is 1.59. The van der Waals surface area contributed by atoms with Gasteiger partial charge in [0.1, 0.15) is 5.57 Å². The highest BCUT2D eigenvalue weighted by atomic mass is 16.5. The molecular formula is C32H29N3O4. The number of hydrogen-bond donors (Lipinski definition) is 0. The van der Waals surface area contributed by atoms with Crippen molar-refractivity contribution in [2.75, 3.05) is 25.2 Å². The molecule has 7 heteroatoms. The number of anilines is 1. The number of aryl methyl sites for hydroxylation is 1. The Hall–Kier alpha value is -4.75. The van der Waals surface area contributed by atoms with Gasteiger partial charge in [-0.1, -0.05) is 60.7 Å². The largest absolute Gasteiger partial charge is 0.383 e. The van der Waals surface area contributed by atoms with Crippen LogP contribution in [-0.4, -0.2) is 47.6 Å². The summed E-state index contributed by atoms with van der Waals surface area (Å²) in [4.78, 5) is 42.3. The third-order valence-corrected chi connectivity index (χ3v) is 6.87. The monoisotopic (exact) mass is 519 g/mol. The van der Waals surface area contributed by atoms with Crippen molar-refractivity contribution < 1.29 is 19.1 Å². The van der Waals surface area contributed by atoms with Crippen LogP contribution in [-0.2, 0) is 14.3 Å². The second-order valence-corrected chi connectivity index (χ2v) is 9.34. The van der Waals surface area contributed by atoms with E-state index < -0.39 is 17.8 Å². The topological polar surface area (TPSA) is 71.8 Å². The number of imide groups is 2. The zero-order valence-corrected chi connectivity index (χ0v) is 22.1. The molecule has 0 atom stereocenters. The zero-order chi connectivity index (χ0) is 27.5. The molecule has 0 bridgehead atoms. The first kappa shape index (κ1) is 25.9. The van der Waals surface area contributed by atoms with E-state index in [9.17, 15) is 14.4 Å². The van der Waals surface area contributed by atoms with E-state index >= 15 is 0 Å². The van der Waals surface area contributed by atoms with Gasteiger partial charge in [0, 0.05) is 24.2 Å². The maximum absolute atomic E-state index is 13.6. The molecule has 2 heterocycles. The molecule has 0 saturated carbocycles. The van der Waals surface area contributed by atoms with Crippen LogP contribution in [0.25, 0.3) is 22.9 Å². The Bertz CT molecular complexity index is 1550. The lowest BCUT2D eigenvalue weighted by molar-refractivity contribution is -0.129. The van der Waals surface area contributed by atoms with E-state index in [1.54, 1.807) is 36.4 Å². The van der Waals surface area contributed by atoms with Crippen LogP contribution in [0.15, 0.2) is 96.6 Å². The minimum Gasteiger partial charge on any atom is -0.383 e. The van der Waals surface area contributed by atoms with Crippen molar-refractivity contribution in [2.45, 2.75) is 13.8 Å². The minimum absolute atomic E-state index is 0.0366. The molecule has 196 valence electrons. The highest BCUT2D eigenvalue weighted by Gasteiger charge is 2.42. The highest BCUT2D eigenvalue weighted by molar-refractivity contribution is 6.39. The molecule has 7 nitrogen and oxygen atoms in total. The molecule has 1 aromatic heterocycles. The van der Waals surface area contributed by atoms with Crippen molar-refractivity contribution in [2.24, 2.45) is 0 Å². The summed E-state index contributed by atoms with van der Waals surface area (Å²) in [7, 11) is 1.50. The van der Waals surface area contributed by atoms with Crippen molar-refractivity contribution in [3.05, 3.63) is 114 Å². The number of carbonyl (C=O) groups is 3. The van der Waals surface area contributed by atoms with Gasteiger partial charge < -0.3 is 9.30 Å². The maximum atomic E-state index is 13.6. The molecule has 0 N–H and O–H groups in total. The van der Waals surface area contributed by atoms with Crippen molar-refractivity contribution >= 4 is 29.6 Å². The maximum Gasteiger partial charge on any atom is 0.338 e. The Morgan fingerprint density at radius 3 is 2.00 bits per heavy atom. The average Bonchev–Trinajstić information content (AvgIpc) is 3.24. The number of para-hydroxylation sites is 1. The lowest BCUT2D eigenvalue weighted by Gasteiger charge is -2.33. The van der Waals surface area contributed by atoms with E-state index in [4.69, 9.17) is 4.74 Å². The third-order valence-electron chi connectivity index (χ3n) is 6.87. The van der Waals surface area contributed by atoms with Gasteiger partial charge in [0.25, 0.3) is 11.8 Å². The summed E-state index contributed by atoms with van der Waals surface area (Å²) in [6.45, 7) is 4.13. The van der Waals surface area contributed by atoms with Gasteiger partial charge >= 0.3 is 6.03 Å². The van der Waals surface area contributed by atoms with E-state index in [-0.39, 0.29) is 18.7 Å². The summed E-state index contributed by atoms with van der Waals surface area (Å²) in [6, 6.07) is 28.3. The SMILES string of the molecule is COCCN1C(=O)/C(=C\c2cc(C)n(-c3ccc(-c4ccccc4)cc3)c2C)C(=O)N(c2ccccc2)C1=O. The Morgan fingerprint density at radius 1 is 0.744 bits per heavy atom. The van der Waals surface area contributed by atoms with Gasteiger partial charge in [-0.25, -0.2) is 9.69 Å². The van der Waals surface area contributed by atoms with E-state index in [1.165, 1.54) is 7.11 Å². The molecular weight excluding hydrogens is 490 g/mol. The van der Waals surface area contributed by atoms with Crippen molar-refractivity contribution in [1.29, 1.82) is 0 Å². The summed E-state index contributed by atoms with van der Waals surface area (Å²) in [5.74, 6) is -1.28. The molecule has 0 radical (unpaired) electrons. The van der Waals surface area contributed by atoms with E-state index in [0.717, 1.165) is 43.6 Å². The lowest BCUT2D eigenvalue weighted by Crippen LogP contribution is -2.57. The molecule has 39 heavy (non-hydrogen) atoms. The molecule has 0 aliphatic carbocycles. The number of nitrogens with zero attached hydrogens (tertiary/aromatic N) is 3. The van der Waals surface area contributed by atoms with Crippen LogP contribution in [0.5, 0.6) is 0 Å². The quantitative estimate of drug-likeness (QED) is 0.229. The normalized spacial score (nSPS) is 14.9. The molecule has 1 saturated heterocycles. The number of rotatable bonds is 7. The first-order chi connectivity index (χ1) is 18.9. The van der Waals surface area contributed by atoms with Gasteiger partial charge in [0.15, 0.2) is 0 Å². The number of hydrogen-bond acceptors (Lipinski definition) is 4. The van der Waals surface area contributed by atoms with Crippen LogP contribution in [0.1, 0.15) is 17.0 Å². The predicted octanol–water partition coefficient (Wildman–Crippen LogP) is 5.79. The molecule has 1 aliphatic heterocycles. The fourth-order valence-electron chi connectivity index (χ4n) is 4.88. The molecule has 0 spiro atoms. The number of methoxy groups -OCH3 is 1. The Balaban J connectivity index is 1.53. The summed E-state index contributed by atoms with van der Waals surface area (Å²) in [5, 5.41) is 0. The van der Waals surface area contributed by atoms with Crippen LogP contribution in [0.2, 0.25) is 0 Å². The van der Waals surface area contributed by atoms with Gasteiger partial charge in [0.05, 0.1) is 18.8 Å². The van der Waals surface area contributed by atoms with Crippen molar-refractivity contribution in [3.63, 3.8) is 0 Å². The van der Waals surface area contributed by atoms with Crippen molar-refractivity contribution in [1.82, 2.24) is 9.47 Å². The number of urea groups is 1. The van der Waals surface area contributed by atoms with Gasteiger partial charge in [-0.15, -0.1) is 0 Å². The van der Waals surface area contributed by atoms with Gasteiger partial charge in [-0.2, -0.15) is 0 Å². The Morgan fingerprint density at radius 2 is 1.36 bits per heavy atom. The van der Waals surface area contributed by atoms with E-state index in [0.29, 0.717) is 5.69 Å². The lowest BCUT2D eigenvalue weighted by atomic mass is 10.1. The van der Waals surface area contributed by atoms with Gasteiger partial charge in [-0.3, -0.25) is 14.5 Å². The number of amides is 4. The smallest absolute Gasteiger partial charge is 0.338 e. The molecule has 0 unspecified atom stereocenters. The van der Waals surface area contributed by atoms with Crippen LogP contribution in [0, 0.1) is 13.8 Å². The molecule has 3 aromatic carbocycles. The standard InChI is InChI=1S/C32H29N3O4/c1-22-20-26(23(2)34(22)28-16-14-25(15-17-28)24-10-6-4-7-11-24)21-29-30(36)33(18-19-39-3)32(38)35(31(29)37)27-12-8-5-9-13-27/h4-17,20-21H,18-19H2,1-3H3/b29-21+.